The zero-order valence-electron chi connectivity index (χ0n) is 21.1. The van der Waals surface area contributed by atoms with Crippen molar-refractivity contribution in [2.24, 2.45) is 0 Å². The quantitative estimate of drug-likeness (QED) is 0.272. The first-order chi connectivity index (χ1) is 17.8. The molecule has 1 amide bonds. The van der Waals surface area contributed by atoms with Gasteiger partial charge < -0.3 is 33.3 Å². The van der Waals surface area contributed by atoms with Crippen molar-refractivity contribution >= 4 is 23.3 Å². The van der Waals surface area contributed by atoms with Gasteiger partial charge >= 0.3 is 5.91 Å². The molecule has 1 N–H and O–H groups in total. The summed E-state index contributed by atoms with van der Waals surface area (Å²) < 4.78 is 32.1. The fourth-order valence-electron chi connectivity index (χ4n) is 4.25. The zero-order valence-corrected chi connectivity index (χ0v) is 21.1. The Labute approximate surface area is 212 Å². The van der Waals surface area contributed by atoms with Crippen LogP contribution >= 0.6 is 0 Å². The smallest absolute Gasteiger partial charge is 0.301 e. The molecule has 0 bridgehead atoms. The third kappa shape index (κ3) is 4.28. The number of hydrogen-bond acceptors (Lipinski definition) is 10. The van der Waals surface area contributed by atoms with Crippen LogP contribution in [0.25, 0.3) is 5.76 Å². The fourth-order valence-corrected chi connectivity index (χ4v) is 4.25. The van der Waals surface area contributed by atoms with Crippen molar-refractivity contribution in [3.05, 3.63) is 58.9 Å². The van der Waals surface area contributed by atoms with Gasteiger partial charge in [-0.3, -0.25) is 14.5 Å². The highest BCUT2D eigenvalue weighted by atomic mass is 16.5. The summed E-state index contributed by atoms with van der Waals surface area (Å²) >= 11 is 0. The summed E-state index contributed by atoms with van der Waals surface area (Å²) in [6.45, 7) is 1.66. The van der Waals surface area contributed by atoms with E-state index in [1.165, 1.54) is 47.7 Å². The first-order valence-corrected chi connectivity index (χ1v) is 11.1. The Bertz CT molecular complexity index is 1370. The van der Waals surface area contributed by atoms with Gasteiger partial charge in [0.25, 0.3) is 5.78 Å². The molecule has 1 fully saturated rings. The molecular formula is C26H26N2O9. The standard InChI is InChI=1S/C26H26N2O9/c1-13-9-20(27-37-13)28-22(15-11-18(34-4)25(36-6)19(12-15)35-5)21(24(30)26(28)31)23(29)14-7-8-16(32-2)17(10-14)33-3/h7-12,22,29H,1-6H3/t22-/m0/s1. The molecule has 1 saturated heterocycles. The highest BCUT2D eigenvalue weighted by Crippen LogP contribution is 2.47. The van der Waals surface area contributed by atoms with Crippen LogP contribution in [0.3, 0.4) is 0 Å². The van der Waals surface area contributed by atoms with Crippen molar-refractivity contribution in [3.8, 4) is 28.7 Å². The van der Waals surface area contributed by atoms with Crippen LogP contribution < -0.4 is 28.6 Å². The molecule has 1 aliphatic heterocycles. The van der Waals surface area contributed by atoms with Gasteiger partial charge in [0.2, 0.25) is 5.75 Å². The van der Waals surface area contributed by atoms with Gasteiger partial charge in [0.05, 0.1) is 47.2 Å². The molecule has 0 saturated carbocycles. The Morgan fingerprint density at radius 3 is 2.00 bits per heavy atom. The van der Waals surface area contributed by atoms with Gasteiger partial charge in [0, 0.05) is 11.6 Å². The number of nitrogens with zero attached hydrogens (tertiary/aromatic N) is 2. The number of amides is 1. The lowest BCUT2D eigenvalue weighted by Gasteiger charge is -2.24. The van der Waals surface area contributed by atoms with Crippen molar-refractivity contribution in [3.63, 3.8) is 0 Å². The number of anilines is 1. The summed E-state index contributed by atoms with van der Waals surface area (Å²) in [4.78, 5) is 27.9. The van der Waals surface area contributed by atoms with E-state index in [1.54, 1.807) is 31.2 Å². The van der Waals surface area contributed by atoms with E-state index in [1.807, 2.05) is 0 Å². The van der Waals surface area contributed by atoms with Gasteiger partial charge in [-0.15, -0.1) is 0 Å². The summed E-state index contributed by atoms with van der Waals surface area (Å²) in [7, 11) is 7.28. The normalized spacial score (nSPS) is 16.6. The Kier molecular flexibility index (Phi) is 6.96. The van der Waals surface area contributed by atoms with E-state index in [9.17, 15) is 14.7 Å². The number of methoxy groups -OCH3 is 5. The van der Waals surface area contributed by atoms with E-state index in [0.717, 1.165) is 4.90 Å². The number of aliphatic hydroxyl groups excluding tert-OH is 1. The fraction of sp³-hybridized carbons (Fsp3) is 0.269. The number of aliphatic hydroxyl groups is 1. The Morgan fingerprint density at radius 1 is 0.865 bits per heavy atom. The van der Waals surface area contributed by atoms with Crippen LogP contribution in [-0.4, -0.2) is 57.5 Å². The summed E-state index contributed by atoms with van der Waals surface area (Å²) in [5.41, 5.74) is 0.466. The second-order valence-corrected chi connectivity index (χ2v) is 7.99. The molecule has 0 unspecified atom stereocenters. The Balaban J connectivity index is 2.00. The van der Waals surface area contributed by atoms with E-state index < -0.39 is 23.5 Å². The van der Waals surface area contributed by atoms with Crippen LogP contribution in [0, 0.1) is 6.92 Å². The number of ether oxygens (including phenoxy) is 5. The van der Waals surface area contributed by atoms with Crippen LogP contribution in [0.5, 0.6) is 28.7 Å². The predicted octanol–water partition coefficient (Wildman–Crippen LogP) is 3.65. The molecule has 11 heteroatoms. The number of carbonyl (C=O) groups excluding carboxylic acids is 2. The summed E-state index contributed by atoms with van der Waals surface area (Å²) in [6.07, 6.45) is 0. The third-order valence-electron chi connectivity index (χ3n) is 5.97. The second-order valence-electron chi connectivity index (χ2n) is 7.99. The summed E-state index contributed by atoms with van der Waals surface area (Å²) in [5, 5.41) is 15.3. The molecule has 1 aromatic heterocycles. The highest BCUT2D eigenvalue weighted by Gasteiger charge is 2.48. The van der Waals surface area contributed by atoms with Crippen molar-refractivity contribution < 1.29 is 42.9 Å². The van der Waals surface area contributed by atoms with Crippen LogP contribution in [0.15, 0.2) is 46.5 Å². The molecule has 37 heavy (non-hydrogen) atoms. The molecule has 0 aliphatic carbocycles. The molecule has 1 aliphatic rings. The van der Waals surface area contributed by atoms with E-state index in [-0.39, 0.29) is 17.0 Å². The number of Topliss-reactive ketones (excluding diaryl/α,β-unsaturated/α-hetero) is 1. The molecule has 4 rings (SSSR count). The number of aromatic nitrogens is 1. The molecule has 2 heterocycles. The largest absolute Gasteiger partial charge is 0.507 e. The summed E-state index contributed by atoms with van der Waals surface area (Å²) in [6, 6.07) is 8.25. The van der Waals surface area contributed by atoms with Gasteiger partial charge in [0.15, 0.2) is 28.8 Å². The zero-order chi connectivity index (χ0) is 26.9. The SMILES string of the molecule is COc1ccc(C(O)=C2C(=O)C(=O)N(c3cc(C)on3)[C@H]2c2cc(OC)c(OC)c(OC)c2)cc1OC. The van der Waals surface area contributed by atoms with Crippen LogP contribution in [-0.2, 0) is 9.59 Å². The van der Waals surface area contributed by atoms with Crippen LogP contribution in [0.1, 0.15) is 22.9 Å². The number of ketones is 1. The molecule has 11 nitrogen and oxygen atoms in total. The average molecular weight is 510 g/mol. The van der Waals surface area contributed by atoms with Gasteiger partial charge in [-0.1, -0.05) is 5.16 Å². The first-order valence-electron chi connectivity index (χ1n) is 11.1. The number of carbonyl (C=O) groups is 2. The number of hydrogen-bond donors (Lipinski definition) is 1. The first kappa shape index (κ1) is 25.4. The topological polar surface area (TPSA) is 130 Å². The van der Waals surface area contributed by atoms with E-state index >= 15 is 0 Å². The maximum Gasteiger partial charge on any atom is 0.301 e. The highest BCUT2D eigenvalue weighted by molar-refractivity contribution is 6.51. The minimum Gasteiger partial charge on any atom is -0.507 e. The van der Waals surface area contributed by atoms with Gasteiger partial charge in [-0.25, -0.2) is 0 Å². The van der Waals surface area contributed by atoms with Gasteiger partial charge in [-0.05, 0) is 42.8 Å². The maximum absolute atomic E-state index is 13.4. The van der Waals surface area contributed by atoms with Gasteiger partial charge in [-0.2, -0.15) is 0 Å². The third-order valence-corrected chi connectivity index (χ3v) is 5.97. The molecule has 0 radical (unpaired) electrons. The van der Waals surface area contributed by atoms with Crippen molar-refractivity contribution in [2.75, 3.05) is 40.4 Å². The van der Waals surface area contributed by atoms with Crippen LogP contribution in [0.2, 0.25) is 0 Å². The molecule has 194 valence electrons. The second kappa shape index (κ2) is 10.1. The lowest BCUT2D eigenvalue weighted by molar-refractivity contribution is -0.132. The predicted molar refractivity (Wildman–Crippen MR) is 132 cm³/mol. The molecule has 0 spiro atoms. The van der Waals surface area contributed by atoms with Crippen molar-refractivity contribution in [1.29, 1.82) is 0 Å². The monoisotopic (exact) mass is 510 g/mol. The average Bonchev–Trinajstić information content (AvgIpc) is 3.46. The lowest BCUT2D eigenvalue weighted by Crippen LogP contribution is -2.29. The maximum atomic E-state index is 13.4. The minimum atomic E-state index is -1.11. The Morgan fingerprint density at radius 2 is 1.49 bits per heavy atom. The van der Waals surface area contributed by atoms with Crippen LogP contribution in [0.4, 0.5) is 5.82 Å². The van der Waals surface area contributed by atoms with E-state index in [0.29, 0.717) is 40.1 Å². The van der Waals surface area contributed by atoms with Crippen molar-refractivity contribution in [1.82, 2.24) is 5.16 Å². The number of rotatable bonds is 8. The molecule has 1 atom stereocenters. The summed E-state index contributed by atoms with van der Waals surface area (Å²) in [5.74, 6) is -0.0136. The molecule has 2 aromatic carbocycles. The van der Waals surface area contributed by atoms with Crippen molar-refractivity contribution in [2.45, 2.75) is 13.0 Å². The van der Waals surface area contributed by atoms with E-state index in [4.69, 9.17) is 28.2 Å². The number of aryl methyl sites for hydroxylation is 1. The Hall–Kier alpha value is -4.67. The molecular weight excluding hydrogens is 484 g/mol. The van der Waals surface area contributed by atoms with E-state index in [2.05, 4.69) is 5.16 Å². The molecule has 3 aromatic rings. The number of benzene rings is 2. The lowest BCUT2D eigenvalue weighted by atomic mass is 9.94. The minimum absolute atomic E-state index is 0.102. The van der Waals surface area contributed by atoms with Gasteiger partial charge in [0.1, 0.15) is 11.5 Å².